The molecule has 1 aliphatic rings. The normalized spacial score (nSPS) is 14.4. The first-order valence-corrected chi connectivity index (χ1v) is 10.6. The van der Waals surface area contributed by atoms with E-state index in [1.54, 1.807) is 17.5 Å². The lowest BCUT2D eigenvalue weighted by atomic mass is 10.0. The Bertz CT molecular complexity index is 1090. The summed E-state index contributed by atoms with van der Waals surface area (Å²) < 4.78 is 7.42. The van der Waals surface area contributed by atoms with Crippen LogP contribution in [-0.4, -0.2) is 49.8 Å². The highest BCUT2D eigenvalue weighted by atomic mass is 32.2. The van der Waals surface area contributed by atoms with Gasteiger partial charge in [-0.1, -0.05) is 35.1 Å². The van der Waals surface area contributed by atoms with E-state index in [9.17, 15) is 4.79 Å². The zero-order chi connectivity index (χ0) is 18.9. The molecule has 1 fully saturated rings. The minimum absolute atomic E-state index is 0.0846. The number of pyridine rings is 1. The Morgan fingerprint density at radius 1 is 1.18 bits per heavy atom. The number of carbonyl (C=O) groups is 1. The van der Waals surface area contributed by atoms with E-state index in [1.807, 2.05) is 47.4 Å². The van der Waals surface area contributed by atoms with Crippen LogP contribution in [0.1, 0.15) is 11.8 Å². The van der Waals surface area contributed by atoms with Crippen molar-refractivity contribution in [3.63, 3.8) is 0 Å². The Balaban J connectivity index is 1.15. The number of thiazole rings is 1. The van der Waals surface area contributed by atoms with Gasteiger partial charge in [0.1, 0.15) is 5.69 Å². The van der Waals surface area contributed by atoms with E-state index in [0.29, 0.717) is 36.3 Å². The van der Waals surface area contributed by atoms with Gasteiger partial charge in [0, 0.05) is 19.3 Å². The van der Waals surface area contributed by atoms with Crippen molar-refractivity contribution in [3.8, 4) is 11.5 Å². The van der Waals surface area contributed by atoms with E-state index in [0.717, 1.165) is 14.6 Å². The molecular weight excluding hydrogens is 394 g/mol. The number of fused-ring (bicyclic) bond motifs is 1. The summed E-state index contributed by atoms with van der Waals surface area (Å²) in [6.45, 7) is 1.20. The summed E-state index contributed by atoms with van der Waals surface area (Å²) in [7, 11) is 0. The Kier molecular flexibility index (Phi) is 4.53. The van der Waals surface area contributed by atoms with Gasteiger partial charge in [0.2, 0.25) is 17.6 Å². The van der Waals surface area contributed by atoms with Gasteiger partial charge >= 0.3 is 0 Å². The molecule has 28 heavy (non-hydrogen) atoms. The quantitative estimate of drug-likeness (QED) is 0.467. The van der Waals surface area contributed by atoms with Crippen molar-refractivity contribution in [2.24, 2.45) is 0 Å². The lowest BCUT2D eigenvalue weighted by Gasteiger charge is -2.36. The van der Waals surface area contributed by atoms with Crippen LogP contribution >= 0.6 is 23.1 Å². The fourth-order valence-corrected chi connectivity index (χ4v) is 4.94. The van der Waals surface area contributed by atoms with Crippen molar-refractivity contribution in [2.75, 3.05) is 18.8 Å². The fraction of sp³-hybridized carbons (Fsp3) is 0.211. The van der Waals surface area contributed by atoms with Crippen LogP contribution in [0.3, 0.4) is 0 Å². The summed E-state index contributed by atoms with van der Waals surface area (Å²) in [4.78, 5) is 27.4. The number of thioether (sulfide) groups is 1. The molecule has 0 atom stereocenters. The molecule has 0 unspecified atom stereocenters. The molecular formula is C19H15N5O2S2. The standard InChI is InChI=1S/C19H15N5O2S2/c25-16(11-27-19-21-13-5-1-2-7-15(13)28-19)24-9-12(10-24)18-22-17(23-26-18)14-6-3-4-8-20-14/h1-8,12H,9-11H2. The van der Waals surface area contributed by atoms with E-state index < -0.39 is 0 Å². The molecule has 4 heterocycles. The largest absolute Gasteiger partial charge is 0.340 e. The second-order valence-corrected chi connectivity index (χ2v) is 8.66. The summed E-state index contributed by atoms with van der Waals surface area (Å²) in [5, 5.41) is 3.99. The third-order valence-corrected chi connectivity index (χ3v) is 6.68. The fourth-order valence-electron chi connectivity index (χ4n) is 2.97. The van der Waals surface area contributed by atoms with Gasteiger partial charge in [-0.05, 0) is 24.3 Å². The van der Waals surface area contributed by atoms with Gasteiger partial charge < -0.3 is 9.42 Å². The van der Waals surface area contributed by atoms with Crippen LogP contribution < -0.4 is 0 Å². The van der Waals surface area contributed by atoms with Gasteiger partial charge in [-0.15, -0.1) is 11.3 Å². The summed E-state index contributed by atoms with van der Waals surface area (Å²) in [5.41, 5.74) is 1.66. The maximum absolute atomic E-state index is 12.4. The molecule has 1 saturated heterocycles. The number of nitrogens with zero attached hydrogens (tertiary/aromatic N) is 5. The van der Waals surface area contributed by atoms with Gasteiger partial charge in [0.15, 0.2) is 4.34 Å². The first-order valence-electron chi connectivity index (χ1n) is 8.77. The number of aromatic nitrogens is 4. The summed E-state index contributed by atoms with van der Waals surface area (Å²) in [6, 6.07) is 13.6. The molecule has 0 aliphatic carbocycles. The number of hydrogen-bond acceptors (Lipinski definition) is 8. The molecule has 3 aromatic heterocycles. The third-order valence-electron chi connectivity index (χ3n) is 4.51. The number of benzene rings is 1. The molecule has 9 heteroatoms. The predicted molar refractivity (Wildman–Crippen MR) is 107 cm³/mol. The maximum atomic E-state index is 12.4. The van der Waals surface area contributed by atoms with Gasteiger partial charge in [-0.2, -0.15) is 4.98 Å². The Labute approximate surface area is 168 Å². The van der Waals surface area contributed by atoms with Crippen LogP contribution in [0.25, 0.3) is 21.7 Å². The molecule has 0 saturated carbocycles. The average molecular weight is 409 g/mol. The lowest BCUT2D eigenvalue weighted by molar-refractivity contribution is -0.133. The molecule has 1 amide bonds. The van der Waals surface area contributed by atoms with Crippen molar-refractivity contribution in [2.45, 2.75) is 10.3 Å². The van der Waals surface area contributed by atoms with Gasteiger partial charge in [0.05, 0.1) is 21.9 Å². The SMILES string of the molecule is O=C(CSc1nc2ccccc2s1)N1CC(c2nc(-c3ccccn3)no2)C1. The minimum Gasteiger partial charge on any atom is -0.340 e. The molecule has 1 aromatic carbocycles. The molecule has 1 aliphatic heterocycles. The van der Waals surface area contributed by atoms with Crippen LogP contribution in [-0.2, 0) is 4.79 Å². The highest BCUT2D eigenvalue weighted by molar-refractivity contribution is 8.01. The highest BCUT2D eigenvalue weighted by Crippen LogP contribution is 2.31. The van der Waals surface area contributed by atoms with E-state index in [-0.39, 0.29) is 11.8 Å². The molecule has 0 bridgehead atoms. The summed E-state index contributed by atoms with van der Waals surface area (Å²) in [6.07, 6.45) is 1.69. The number of para-hydroxylation sites is 1. The van der Waals surface area contributed by atoms with Gasteiger partial charge in [-0.25, -0.2) is 4.98 Å². The Hall–Kier alpha value is -2.78. The molecule has 5 rings (SSSR count). The molecule has 0 spiro atoms. The van der Waals surface area contributed by atoms with E-state index >= 15 is 0 Å². The second-order valence-electron chi connectivity index (χ2n) is 6.40. The second kappa shape index (κ2) is 7.33. The van der Waals surface area contributed by atoms with Crippen LogP contribution in [0, 0.1) is 0 Å². The minimum atomic E-state index is 0.0846. The molecule has 7 nitrogen and oxygen atoms in total. The first kappa shape index (κ1) is 17.3. The number of carbonyl (C=O) groups excluding carboxylic acids is 1. The van der Waals surface area contributed by atoms with Crippen molar-refractivity contribution >= 4 is 39.2 Å². The van der Waals surface area contributed by atoms with Crippen molar-refractivity contribution in [3.05, 3.63) is 54.6 Å². The van der Waals surface area contributed by atoms with Crippen LogP contribution in [0.5, 0.6) is 0 Å². The number of rotatable bonds is 5. The van der Waals surface area contributed by atoms with Crippen LogP contribution in [0.15, 0.2) is 57.5 Å². The molecule has 4 aromatic rings. The number of likely N-dealkylation sites (tertiary alicyclic amines) is 1. The monoisotopic (exact) mass is 409 g/mol. The Morgan fingerprint density at radius 2 is 2.04 bits per heavy atom. The zero-order valence-electron chi connectivity index (χ0n) is 14.7. The van der Waals surface area contributed by atoms with Crippen LogP contribution in [0.4, 0.5) is 0 Å². The maximum Gasteiger partial charge on any atom is 0.233 e. The van der Waals surface area contributed by atoms with E-state index in [2.05, 4.69) is 20.1 Å². The summed E-state index contributed by atoms with van der Waals surface area (Å²) >= 11 is 3.10. The van der Waals surface area contributed by atoms with E-state index in [1.165, 1.54) is 11.8 Å². The molecule has 0 N–H and O–H groups in total. The number of amides is 1. The summed E-state index contributed by atoms with van der Waals surface area (Å²) in [5.74, 6) is 1.61. The van der Waals surface area contributed by atoms with Crippen LogP contribution in [0.2, 0.25) is 0 Å². The van der Waals surface area contributed by atoms with E-state index in [4.69, 9.17) is 4.52 Å². The first-order chi connectivity index (χ1) is 13.8. The van der Waals surface area contributed by atoms with Gasteiger partial charge in [-0.3, -0.25) is 9.78 Å². The smallest absolute Gasteiger partial charge is 0.233 e. The lowest BCUT2D eigenvalue weighted by Crippen LogP contribution is -2.49. The molecule has 0 radical (unpaired) electrons. The zero-order valence-corrected chi connectivity index (χ0v) is 16.3. The van der Waals surface area contributed by atoms with Crippen molar-refractivity contribution in [1.82, 2.24) is 25.0 Å². The highest BCUT2D eigenvalue weighted by Gasteiger charge is 2.35. The average Bonchev–Trinajstić information content (AvgIpc) is 3.33. The Morgan fingerprint density at radius 3 is 2.86 bits per heavy atom. The number of hydrogen-bond donors (Lipinski definition) is 0. The van der Waals surface area contributed by atoms with Gasteiger partial charge in [0.25, 0.3) is 0 Å². The topological polar surface area (TPSA) is 85.0 Å². The predicted octanol–water partition coefficient (Wildman–Crippen LogP) is 3.46. The van der Waals surface area contributed by atoms with Crippen molar-refractivity contribution in [1.29, 1.82) is 0 Å². The third kappa shape index (κ3) is 3.38. The molecule has 140 valence electrons. The van der Waals surface area contributed by atoms with Crippen molar-refractivity contribution < 1.29 is 9.32 Å².